The van der Waals surface area contributed by atoms with Crippen LogP contribution in [0.4, 0.5) is 0 Å². The molecule has 0 aromatic heterocycles. The van der Waals surface area contributed by atoms with E-state index in [2.05, 4.69) is 0 Å². The third kappa shape index (κ3) is 4.31. The lowest BCUT2D eigenvalue weighted by Crippen LogP contribution is -2.38. The van der Waals surface area contributed by atoms with Gasteiger partial charge in [-0.15, -0.1) is 0 Å². The fourth-order valence-corrected chi connectivity index (χ4v) is 2.33. The second-order valence-electron chi connectivity index (χ2n) is 4.68. The molecule has 0 spiro atoms. The number of Topliss-reactive ketones (excluding diaryl/α,β-unsaturated/α-hetero) is 1. The van der Waals surface area contributed by atoms with Crippen molar-refractivity contribution < 1.29 is 14.7 Å². The molecule has 1 aliphatic rings. The first-order valence-electron chi connectivity index (χ1n) is 6.12. The summed E-state index contributed by atoms with van der Waals surface area (Å²) in [5, 5.41) is 8.55. The van der Waals surface area contributed by atoms with Crippen LogP contribution in [0, 0.1) is 5.92 Å². The van der Waals surface area contributed by atoms with E-state index in [-0.39, 0.29) is 5.78 Å². The minimum atomic E-state index is -1.33. The molecule has 4 heteroatoms. The highest BCUT2D eigenvalue weighted by molar-refractivity contribution is 6.01. The maximum absolute atomic E-state index is 11.3. The molecule has 0 aromatic rings. The third-order valence-corrected chi connectivity index (χ3v) is 3.37. The molecule has 0 aliphatic heterocycles. The molecule has 1 atom stereocenters. The van der Waals surface area contributed by atoms with Gasteiger partial charge in [0.15, 0.2) is 11.8 Å². The van der Waals surface area contributed by atoms with Crippen LogP contribution in [0.5, 0.6) is 0 Å². The SMILES string of the molecule is NC(C(=O)O)C(=O)CCCC1CCCCC1. The minimum absolute atomic E-state index is 0.309. The summed E-state index contributed by atoms with van der Waals surface area (Å²) in [5.74, 6) is -0.825. The molecule has 0 radical (unpaired) electrons. The van der Waals surface area contributed by atoms with Crippen LogP contribution in [-0.2, 0) is 9.59 Å². The number of carbonyl (C=O) groups excluding carboxylic acids is 1. The first kappa shape index (κ1) is 13.2. The lowest BCUT2D eigenvalue weighted by molar-refractivity contribution is -0.142. The predicted octanol–water partition coefficient (Wildman–Crippen LogP) is 1.72. The van der Waals surface area contributed by atoms with E-state index in [1.54, 1.807) is 0 Å². The van der Waals surface area contributed by atoms with Crippen LogP contribution >= 0.6 is 0 Å². The quantitative estimate of drug-likeness (QED) is 0.677. The number of hydrogen-bond donors (Lipinski definition) is 2. The largest absolute Gasteiger partial charge is 0.480 e. The fraction of sp³-hybridized carbons (Fsp3) is 0.833. The number of rotatable bonds is 6. The van der Waals surface area contributed by atoms with Crippen molar-refractivity contribution in [1.29, 1.82) is 0 Å². The minimum Gasteiger partial charge on any atom is -0.480 e. The Morgan fingerprint density at radius 1 is 1.25 bits per heavy atom. The van der Waals surface area contributed by atoms with Gasteiger partial charge in [-0.1, -0.05) is 38.5 Å². The van der Waals surface area contributed by atoms with Gasteiger partial charge < -0.3 is 10.8 Å². The molecule has 0 bridgehead atoms. The Hall–Kier alpha value is -0.900. The monoisotopic (exact) mass is 227 g/mol. The van der Waals surface area contributed by atoms with E-state index in [1.165, 1.54) is 32.1 Å². The van der Waals surface area contributed by atoms with Crippen molar-refractivity contribution in [3.05, 3.63) is 0 Å². The van der Waals surface area contributed by atoms with Crippen LogP contribution in [0.2, 0.25) is 0 Å². The van der Waals surface area contributed by atoms with Gasteiger partial charge >= 0.3 is 5.97 Å². The molecule has 0 saturated heterocycles. The van der Waals surface area contributed by atoms with E-state index in [4.69, 9.17) is 10.8 Å². The molecule has 1 saturated carbocycles. The smallest absolute Gasteiger partial charge is 0.328 e. The van der Waals surface area contributed by atoms with E-state index in [9.17, 15) is 9.59 Å². The normalized spacial score (nSPS) is 19.3. The molecule has 16 heavy (non-hydrogen) atoms. The predicted molar refractivity (Wildman–Crippen MR) is 61.0 cm³/mol. The molecule has 92 valence electrons. The van der Waals surface area contributed by atoms with E-state index in [0.717, 1.165) is 18.8 Å². The maximum atomic E-state index is 11.3. The lowest BCUT2D eigenvalue weighted by atomic mass is 9.85. The van der Waals surface area contributed by atoms with Gasteiger partial charge in [0, 0.05) is 6.42 Å². The second kappa shape index (κ2) is 6.63. The topological polar surface area (TPSA) is 80.4 Å². The van der Waals surface area contributed by atoms with Crippen molar-refractivity contribution in [3.63, 3.8) is 0 Å². The van der Waals surface area contributed by atoms with Crippen molar-refractivity contribution >= 4 is 11.8 Å². The van der Waals surface area contributed by atoms with Crippen LogP contribution in [0.1, 0.15) is 51.4 Å². The molecular formula is C12H21NO3. The van der Waals surface area contributed by atoms with Crippen LogP contribution in [-0.4, -0.2) is 22.9 Å². The number of carboxylic acids is 1. The Kier molecular flexibility index (Phi) is 5.46. The number of hydrogen-bond acceptors (Lipinski definition) is 3. The van der Waals surface area contributed by atoms with E-state index in [1.807, 2.05) is 0 Å². The highest BCUT2D eigenvalue weighted by Gasteiger charge is 2.21. The first-order valence-corrected chi connectivity index (χ1v) is 6.12. The van der Waals surface area contributed by atoms with Gasteiger partial charge in [0.2, 0.25) is 0 Å². The van der Waals surface area contributed by atoms with Gasteiger partial charge in [0.05, 0.1) is 0 Å². The van der Waals surface area contributed by atoms with Gasteiger partial charge in [-0.25, -0.2) is 0 Å². The highest BCUT2D eigenvalue weighted by atomic mass is 16.4. The Morgan fingerprint density at radius 3 is 2.44 bits per heavy atom. The summed E-state index contributed by atoms with van der Waals surface area (Å²) in [5.41, 5.74) is 5.23. The van der Waals surface area contributed by atoms with Gasteiger partial charge in [-0.3, -0.25) is 9.59 Å². The maximum Gasteiger partial charge on any atom is 0.328 e. The van der Waals surface area contributed by atoms with Gasteiger partial charge in [0.25, 0.3) is 0 Å². The average molecular weight is 227 g/mol. The number of aliphatic carboxylic acids is 1. The Bertz CT molecular complexity index is 247. The standard InChI is InChI=1S/C12H21NO3/c13-11(12(15)16)10(14)8-4-7-9-5-2-1-3-6-9/h9,11H,1-8,13H2,(H,15,16). The summed E-state index contributed by atoms with van der Waals surface area (Å²) in [6.07, 6.45) is 8.59. The molecule has 0 heterocycles. The molecular weight excluding hydrogens is 206 g/mol. The summed E-state index contributed by atoms with van der Waals surface area (Å²) >= 11 is 0. The Morgan fingerprint density at radius 2 is 1.88 bits per heavy atom. The molecule has 1 fully saturated rings. The Balaban J connectivity index is 2.14. The first-order chi connectivity index (χ1) is 7.61. The zero-order valence-electron chi connectivity index (χ0n) is 9.65. The van der Waals surface area contributed by atoms with Gasteiger partial charge in [-0.2, -0.15) is 0 Å². The van der Waals surface area contributed by atoms with E-state index >= 15 is 0 Å². The van der Waals surface area contributed by atoms with Crippen LogP contribution in [0.15, 0.2) is 0 Å². The van der Waals surface area contributed by atoms with Gasteiger partial charge in [-0.05, 0) is 12.3 Å². The number of ketones is 1. The molecule has 1 rings (SSSR count). The van der Waals surface area contributed by atoms with Crippen molar-refractivity contribution in [2.24, 2.45) is 11.7 Å². The zero-order valence-corrected chi connectivity index (χ0v) is 9.65. The average Bonchev–Trinajstić information content (AvgIpc) is 2.29. The lowest BCUT2D eigenvalue weighted by Gasteiger charge is -2.21. The number of carbonyl (C=O) groups is 2. The molecule has 3 N–H and O–H groups in total. The van der Waals surface area contributed by atoms with E-state index in [0.29, 0.717) is 6.42 Å². The van der Waals surface area contributed by atoms with Crippen LogP contribution in [0.3, 0.4) is 0 Å². The molecule has 4 nitrogen and oxygen atoms in total. The Labute approximate surface area is 96.2 Å². The molecule has 1 unspecified atom stereocenters. The van der Waals surface area contributed by atoms with Crippen molar-refractivity contribution in [2.45, 2.75) is 57.4 Å². The summed E-state index contributed by atoms with van der Waals surface area (Å²) in [6.45, 7) is 0. The fourth-order valence-electron chi connectivity index (χ4n) is 2.33. The van der Waals surface area contributed by atoms with Crippen molar-refractivity contribution in [1.82, 2.24) is 0 Å². The summed E-state index contributed by atoms with van der Waals surface area (Å²) in [4.78, 5) is 21.8. The molecule has 0 amide bonds. The summed E-state index contributed by atoms with van der Waals surface area (Å²) in [6, 6.07) is -1.33. The number of carboxylic acid groups (broad SMARTS) is 1. The highest BCUT2D eigenvalue weighted by Crippen LogP contribution is 2.27. The zero-order chi connectivity index (χ0) is 12.0. The number of nitrogens with two attached hydrogens (primary N) is 1. The van der Waals surface area contributed by atoms with Crippen LogP contribution in [0.25, 0.3) is 0 Å². The summed E-state index contributed by atoms with van der Waals surface area (Å²) in [7, 11) is 0. The van der Waals surface area contributed by atoms with Crippen LogP contribution < -0.4 is 5.73 Å². The molecule has 1 aliphatic carbocycles. The summed E-state index contributed by atoms with van der Waals surface area (Å²) < 4.78 is 0. The van der Waals surface area contributed by atoms with E-state index < -0.39 is 12.0 Å². The van der Waals surface area contributed by atoms with Crippen molar-refractivity contribution in [2.75, 3.05) is 0 Å². The van der Waals surface area contributed by atoms with Crippen molar-refractivity contribution in [3.8, 4) is 0 Å². The molecule has 0 aromatic carbocycles. The third-order valence-electron chi connectivity index (χ3n) is 3.37. The second-order valence-corrected chi connectivity index (χ2v) is 4.68. The van der Waals surface area contributed by atoms with Gasteiger partial charge in [0.1, 0.15) is 0 Å².